The lowest BCUT2D eigenvalue weighted by Gasteiger charge is -2.62. The maximum absolute atomic E-state index is 3.88. The van der Waals surface area contributed by atoms with E-state index in [-0.39, 0.29) is 40.5 Å². The lowest BCUT2D eigenvalue weighted by molar-refractivity contribution is -0.114. The van der Waals surface area contributed by atoms with Crippen LogP contribution in [0, 0.1) is 23.2 Å². The van der Waals surface area contributed by atoms with E-state index in [2.05, 4.69) is 31.4 Å². The first-order chi connectivity index (χ1) is 10.6. The zero-order valence-corrected chi connectivity index (χ0v) is 19.7. The Morgan fingerprint density at radius 2 is 1.36 bits per heavy atom. The molecule has 0 radical (unpaired) electrons. The summed E-state index contributed by atoms with van der Waals surface area (Å²) in [5, 5.41) is 7.69. The van der Waals surface area contributed by atoms with Gasteiger partial charge in [-0.05, 0) is 48.9 Å². The molecule has 4 fully saturated rings. The van der Waals surface area contributed by atoms with Gasteiger partial charge in [0.05, 0.1) is 0 Å². The second-order valence-corrected chi connectivity index (χ2v) is 9.01. The van der Waals surface area contributed by atoms with Crippen molar-refractivity contribution in [1.29, 1.82) is 0 Å². The minimum Gasteiger partial charge on any atom is -0.313 e. The van der Waals surface area contributed by atoms with Crippen molar-refractivity contribution >= 4 is 40.5 Å². The van der Waals surface area contributed by atoms with Gasteiger partial charge in [0.2, 0.25) is 0 Å². The summed E-state index contributed by atoms with van der Waals surface area (Å²) in [6.07, 6.45) is 12.9. The first-order valence-electron chi connectivity index (χ1n) is 10.1. The number of hydrogen-bond donors (Lipinski definition) is 2. The highest BCUT2D eigenvalue weighted by Gasteiger charge is 2.55. The molecular weight excluding hydrogens is 364 g/mol. The smallest absolute Gasteiger partial charge is 0.00989 e. The van der Waals surface area contributed by atoms with Crippen LogP contribution in [0.3, 0.4) is 0 Å². The highest BCUT2D eigenvalue weighted by atomic mass is 32.1. The molecule has 2 N–H and O–H groups in total. The van der Waals surface area contributed by atoms with E-state index in [1.165, 1.54) is 57.8 Å². The number of rotatable bonds is 5. The van der Waals surface area contributed by atoms with Crippen LogP contribution in [0.15, 0.2) is 0 Å². The fourth-order valence-electron chi connectivity index (χ4n) is 5.61. The summed E-state index contributed by atoms with van der Waals surface area (Å²) < 4.78 is 0. The molecule has 2 nitrogen and oxygen atoms in total. The Morgan fingerprint density at radius 1 is 0.800 bits per heavy atom. The van der Waals surface area contributed by atoms with E-state index in [0.29, 0.717) is 5.41 Å². The van der Waals surface area contributed by atoms with Gasteiger partial charge >= 0.3 is 0 Å². The van der Waals surface area contributed by atoms with Gasteiger partial charge in [-0.15, -0.1) is 0 Å². The lowest BCUT2D eigenvalue weighted by Crippen LogP contribution is -2.60. The van der Waals surface area contributed by atoms with Gasteiger partial charge in [-0.25, -0.2) is 0 Å². The first-order valence-corrected chi connectivity index (χ1v) is 10.1. The van der Waals surface area contributed by atoms with E-state index in [0.717, 1.165) is 42.9 Å². The van der Waals surface area contributed by atoms with Crippen LogP contribution in [0.1, 0.15) is 78.6 Å². The van der Waals surface area contributed by atoms with Crippen molar-refractivity contribution in [2.45, 2.75) is 90.6 Å². The predicted octanol–water partition coefficient (Wildman–Crippen LogP) is 4.69. The Kier molecular flexibility index (Phi) is 12.2. The highest BCUT2D eigenvalue weighted by Crippen LogP contribution is 2.61. The molecule has 4 atom stereocenters. The second-order valence-electron chi connectivity index (χ2n) is 9.01. The van der Waals surface area contributed by atoms with Crippen molar-refractivity contribution in [3.63, 3.8) is 0 Å². The standard InChI is InChI=1S/C20H38N2.3H2S/c1-15-18-13-16(20(18,2)3)14-19(15)22-12-11-21-17-9-7-5-4-6-8-10-17;;;/h15-19,21-22H,4-14H2,1-3H3;3*1H2/t15-,16+,18-,19-;;;/m0.../s1. The normalized spacial score (nSPS) is 34.2. The molecule has 25 heavy (non-hydrogen) atoms. The van der Waals surface area contributed by atoms with Crippen molar-refractivity contribution < 1.29 is 0 Å². The quantitative estimate of drug-likeness (QED) is 0.645. The fourth-order valence-corrected chi connectivity index (χ4v) is 5.61. The summed E-state index contributed by atoms with van der Waals surface area (Å²) in [4.78, 5) is 0. The van der Waals surface area contributed by atoms with Crippen LogP contribution in [0.25, 0.3) is 0 Å². The molecule has 4 aliphatic carbocycles. The predicted molar refractivity (Wildman–Crippen MR) is 126 cm³/mol. The molecule has 0 spiro atoms. The molecule has 0 aromatic carbocycles. The largest absolute Gasteiger partial charge is 0.313 e. The van der Waals surface area contributed by atoms with E-state index in [1.54, 1.807) is 0 Å². The zero-order valence-electron chi connectivity index (χ0n) is 16.7. The monoisotopic (exact) mass is 408 g/mol. The third-order valence-electron chi connectivity index (χ3n) is 7.42. The van der Waals surface area contributed by atoms with Gasteiger partial charge in [0.15, 0.2) is 0 Å². The van der Waals surface area contributed by atoms with E-state index in [1.807, 2.05) is 0 Å². The first kappa shape index (κ1) is 26.0. The maximum Gasteiger partial charge on any atom is 0.00989 e. The third-order valence-corrected chi connectivity index (χ3v) is 7.42. The molecular formula is C20H44N2S3. The topological polar surface area (TPSA) is 24.1 Å². The molecule has 0 unspecified atom stereocenters. The molecule has 0 heterocycles. The molecule has 4 rings (SSSR count). The van der Waals surface area contributed by atoms with Gasteiger partial charge in [0, 0.05) is 25.2 Å². The van der Waals surface area contributed by atoms with Crippen molar-refractivity contribution in [3.05, 3.63) is 0 Å². The van der Waals surface area contributed by atoms with Gasteiger partial charge in [0.1, 0.15) is 0 Å². The van der Waals surface area contributed by atoms with Crippen molar-refractivity contribution in [2.75, 3.05) is 13.1 Å². The molecule has 0 saturated heterocycles. The van der Waals surface area contributed by atoms with Crippen molar-refractivity contribution in [1.82, 2.24) is 10.6 Å². The molecule has 0 aromatic heterocycles. The van der Waals surface area contributed by atoms with Gasteiger partial charge in [-0.1, -0.05) is 52.9 Å². The van der Waals surface area contributed by atoms with E-state index >= 15 is 0 Å². The van der Waals surface area contributed by atoms with Gasteiger partial charge in [-0.3, -0.25) is 0 Å². The second kappa shape index (κ2) is 11.7. The summed E-state index contributed by atoms with van der Waals surface area (Å²) in [6, 6.07) is 1.56. The average Bonchev–Trinajstić information content (AvgIpc) is 2.46. The molecule has 0 aromatic rings. The maximum atomic E-state index is 3.88. The van der Waals surface area contributed by atoms with Gasteiger partial charge < -0.3 is 10.6 Å². The van der Waals surface area contributed by atoms with E-state index < -0.39 is 0 Å². The number of hydrogen-bond acceptors (Lipinski definition) is 2. The Balaban J connectivity index is 0.00000192. The minimum absolute atomic E-state index is 0. The molecule has 4 aliphatic rings. The number of nitrogens with one attached hydrogen (secondary N) is 2. The molecule has 0 amide bonds. The Bertz CT molecular complexity index is 357. The van der Waals surface area contributed by atoms with Crippen molar-refractivity contribution in [3.8, 4) is 0 Å². The SMILES string of the molecule is C[C@@H]1[C@@H](NCCNC2CCCCCCC2)C[C@H]2C[C@@H]1C2(C)C.S.S.S. The van der Waals surface area contributed by atoms with Crippen molar-refractivity contribution in [2.24, 2.45) is 23.2 Å². The summed E-state index contributed by atoms with van der Waals surface area (Å²) in [5.74, 6) is 2.80. The van der Waals surface area contributed by atoms with Gasteiger partial charge in [0.25, 0.3) is 0 Å². The molecule has 4 saturated carbocycles. The van der Waals surface area contributed by atoms with Crippen LogP contribution >= 0.6 is 40.5 Å². The molecule has 2 bridgehead atoms. The Hall–Kier alpha value is 0.970. The van der Waals surface area contributed by atoms with E-state index in [9.17, 15) is 0 Å². The number of fused-ring (bicyclic) bond motifs is 2. The molecule has 5 heteroatoms. The fraction of sp³-hybridized carbons (Fsp3) is 1.00. The van der Waals surface area contributed by atoms with E-state index in [4.69, 9.17) is 0 Å². The third kappa shape index (κ3) is 6.23. The summed E-state index contributed by atoms with van der Waals surface area (Å²) >= 11 is 0. The summed E-state index contributed by atoms with van der Waals surface area (Å²) in [6.45, 7) is 9.79. The average molecular weight is 409 g/mol. The van der Waals surface area contributed by atoms with Crippen LogP contribution in [-0.4, -0.2) is 25.2 Å². The minimum atomic E-state index is 0. The van der Waals surface area contributed by atoms with Gasteiger partial charge in [-0.2, -0.15) is 40.5 Å². The van der Waals surface area contributed by atoms with Crippen LogP contribution in [-0.2, 0) is 0 Å². The Morgan fingerprint density at radius 3 is 1.92 bits per heavy atom. The molecule has 0 aliphatic heterocycles. The lowest BCUT2D eigenvalue weighted by atomic mass is 9.45. The summed E-state index contributed by atoms with van der Waals surface area (Å²) in [7, 11) is 0. The molecule has 152 valence electrons. The summed E-state index contributed by atoms with van der Waals surface area (Å²) in [5.41, 5.74) is 0.620. The van der Waals surface area contributed by atoms with Crippen LogP contribution in [0.2, 0.25) is 0 Å². The van der Waals surface area contributed by atoms with Crippen LogP contribution in [0.5, 0.6) is 0 Å². The zero-order chi connectivity index (χ0) is 15.6. The highest BCUT2D eigenvalue weighted by molar-refractivity contribution is 7.59. The Labute approximate surface area is 177 Å². The van der Waals surface area contributed by atoms with Crippen LogP contribution < -0.4 is 10.6 Å². The van der Waals surface area contributed by atoms with Crippen LogP contribution in [0.4, 0.5) is 0 Å².